The SMILES string of the molecule is O=c1ccccn1-c1cccs1. The van der Waals surface area contributed by atoms with E-state index >= 15 is 0 Å². The normalized spacial score (nSPS) is 10.0. The van der Waals surface area contributed by atoms with E-state index in [0.29, 0.717) is 0 Å². The highest BCUT2D eigenvalue weighted by atomic mass is 32.1. The smallest absolute Gasteiger partial charge is 0.255 e. The maximum absolute atomic E-state index is 11.3. The Morgan fingerprint density at radius 2 is 2.08 bits per heavy atom. The van der Waals surface area contributed by atoms with Gasteiger partial charge in [-0.15, -0.1) is 11.3 Å². The number of thiophene rings is 1. The molecule has 0 spiro atoms. The first-order valence-corrected chi connectivity index (χ1v) is 4.47. The van der Waals surface area contributed by atoms with Gasteiger partial charge in [0.2, 0.25) is 0 Å². The van der Waals surface area contributed by atoms with Gasteiger partial charge in [0.05, 0.1) is 0 Å². The summed E-state index contributed by atoms with van der Waals surface area (Å²) in [5, 5.41) is 2.91. The zero-order chi connectivity index (χ0) is 8.39. The van der Waals surface area contributed by atoms with Gasteiger partial charge >= 0.3 is 0 Å². The summed E-state index contributed by atoms with van der Waals surface area (Å²) in [6, 6.07) is 9.00. The third kappa shape index (κ3) is 1.19. The van der Waals surface area contributed by atoms with Crippen molar-refractivity contribution in [2.24, 2.45) is 0 Å². The second-order valence-electron chi connectivity index (χ2n) is 2.36. The minimum Gasteiger partial charge on any atom is -0.275 e. The molecule has 0 saturated carbocycles. The van der Waals surface area contributed by atoms with Crippen molar-refractivity contribution in [3.8, 4) is 5.00 Å². The molecule has 2 aromatic heterocycles. The minimum atomic E-state index is 0.0138. The molecule has 0 N–H and O–H groups in total. The number of hydrogen-bond donors (Lipinski definition) is 0. The summed E-state index contributed by atoms with van der Waals surface area (Å²) in [5.74, 6) is 0. The molecule has 12 heavy (non-hydrogen) atoms. The largest absolute Gasteiger partial charge is 0.275 e. The highest BCUT2D eigenvalue weighted by Gasteiger charge is 1.96. The van der Waals surface area contributed by atoms with Crippen molar-refractivity contribution in [3.63, 3.8) is 0 Å². The van der Waals surface area contributed by atoms with Crippen molar-refractivity contribution in [2.45, 2.75) is 0 Å². The van der Waals surface area contributed by atoms with Crippen molar-refractivity contribution in [1.82, 2.24) is 4.57 Å². The summed E-state index contributed by atoms with van der Waals surface area (Å²) in [6.45, 7) is 0. The van der Waals surface area contributed by atoms with Gasteiger partial charge in [-0.3, -0.25) is 9.36 Å². The van der Waals surface area contributed by atoms with Gasteiger partial charge in [-0.2, -0.15) is 0 Å². The molecule has 2 nitrogen and oxygen atoms in total. The molecule has 0 fully saturated rings. The van der Waals surface area contributed by atoms with E-state index in [1.165, 1.54) is 0 Å². The molecule has 0 unspecified atom stereocenters. The van der Waals surface area contributed by atoms with Crippen LogP contribution in [0.2, 0.25) is 0 Å². The lowest BCUT2D eigenvalue weighted by atomic mass is 10.5. The molecule has 0 aliphatic rings. The van der Waals surface area contributed by atoms with Gasteiger partial charge in [-0.1, -0.05) is 6.07 Å². The van der Waals surface area contributed by atoms with Crippen molar-refractivity contribution in [2.75, 3.05) is 0 Å². The van der Waals surface area contributed by atoms with Crippen molar-refractivity contribution < 1.29 is 0 Å². The average Bonchev–Trinajstić information content (AvgIpc) is 2.57. The summed E-state index contributed by atoms with van der Waals surface area (Å²) >= 11 is 1.55. The molecule has 2 rings (SSSR count). The molecule has 60 valence electrons. The Balaban J connectivity index is 2.63. The molecular formula is C9H7NOS. The minimum absolute atomic E-state index is 0.0138. The molecule has 0 atom stereocenters. The summed E-state index contributed by atoms with van der Waals surface area (Å²) in [5.41, 5.74) is 0.0138. The van der Waals surface area contributed by atoms with Crippen LogP contribution in [0.3, 0.4) is 0 Å². The van der Waals surface area contributed by atoms with Crippen molar-refractivity contribution in [1.29, 1.82) is 0 Å². The standard InChI is InChI=1S/C9H7NOS/c11-8-4-1-2-6-10(8)9-5-3-7-12-9/h1-7H. The fraction of sp³-hybridized carbons (Fsp3) is 0. The van der Waals surface area contributed by atoms with Gasteiger partial charge in [0.15, 0.2) is 0 Å². The van der Waals surface area contributed by atoms with E-state index in [1.807, 2.05) is 23.6 Å². The number of hydrogen-bond acceptors (Lipinski definition) is 2. The maximum atomic E-state index is 11.3. The van der Waals surface area contributed by atoms with Gasteiger partial charge in [0, 0.05) is 12.3 Å². The Bertz CT molecular complexity index is 416. The van der Waals surface area contributed by atoms with Crippen molar-refractivity contribution >= 4 is 11.3 Å². The van der Waals surface area contributed by atoms with Crippen LogP contribution in [0.15, 0.2) is 46.7 Å². The third-order valence-corrected chi connectivity index (χ3v) is 2.43. The molecule has 0 bridgehead atoms. The fourth-order valence-electron chi connectivity index (χ4n) is 1.02. The lowest BCUT2D eigenvalue weighted by Crippen LogP contribution is -2.13. The Morgan fingerprint density at radius 1 is 1.17 bits per heavy atom. The maximum Gasteiger partial charge on any atom is 0.255 e. The van der Waals surface area contributed by atoms with E-state index in [4.69, 9.17) is 0 Å². The predicted octanol–water partition coefficient (Wildman–Crippen LogP) is 1.90. The molecule has 0 aliphatic heterocycles. The third-order valence-electron chi connectivity index (χ3n) is 1.57. The molecule has 2 aromatic rings. The van der Waals surface area contributed by atoms with Gasteiger partial charge in [-0.25, -0.2) is 0 Å². The van der Waals surface area contributed by atoms with Crippen LogP contribution < -0.4 is 5.56 Å². The first kappa shape index (κ1) is 7.31. The number of rotatable bonds is 1. The van der Waals surface area contributed by atoms with Crippen LogP contribution in [0.4, 0.5) is 0 Å². The molecule has 0 radical (unpaired) electrons. The van der Waals surface area contributed by atoms with Crippen LogP contribution >= 0.6 is 11.3 Å². The zero-order valence-electron chi connectivity index (χ0n) is 6.31. The Hall–Kier alpha value is -1.35. The Labute approximate surface area is 73.7 Å². The van der Waals surface area contributed by atoms with Gasteiger partial charge in [-0.05, 0) is 23.6 Å². The van der Waals surface area contributed by atoms with Crippen LogP contribution in [0.25, 0.3) is 5.00 Å². The number of pyridine rings is 1. The highest BCUT2D eigenvalue weighted by Crippen LogP contribution is 2.11. The van der Waals surface area contributed by atoms with Crippen LogP contribution in [0, 0.1) is 0 Å². The van der Waals surface area contributed by atoms with E-state index in [1.54, 1.807) is 34.2 Å². The molecule has 0 aliphatic carbocycles. The molecule has 3 heteroatoms. The summed E-state index contributed by atoms with van der Waals surface area (Å²) in [7, 11) is 0. The first-order valence-electron chi connectivity index (χ1n) is 3.59. The second-order valence-corrected chi connectivity index (χ2v) is 3.29. The first-order chi connectivity index (χ1) is 5.88. The van der Waals surface area contributed by atoms with E-state index in [0.717, 1.165) is 5.00 Å². The van der Waals surface area contributed by atoms with Crippen LogP contribution in [0.5, 0.6) is 0 Å². The van der Waals surface area contributed by atoms with Crippen LogP contribution in [0.1, 0.15) is 0 Å². The molecular weight excluding hydrogens is 170 g/mol. The van der Waals surface area contributed by atoms with E-state index in [-0.39, 0.29) is 5.56 Å². The number of aromatic nitrogens is 1. The van der Waals surface area contributed by atoms with E-state index in [9.17, 15) is 4.79 Å². The van der Waals surface area contributed by atoms with Crippen LogP contribution in [-0.2, 0) is 0 Å². The van der Waals surface area contributed by atoms with Crippen LogP contribution in [-0.4, -0.2) is 4.57 Å². The van der Waals surface area contributed by atoms with E-state index < -0.39 is 0 Å². The van der Waals surface area contributed by atoms with Crippen molar-refractivity contribution in [3.05, 3.63) is 52.3 Å². The zero-order valence-corrected chi connectivity index (χ0v) is 7.12. The molecule has 0 amide bonds. The fourth-order valence-corrected chi connectivity index (χ4v) is 1.73. The summed E-state index contributed by atoms with van der Waals surface area (Å²) in [4.78, 5) is 11.3. The van der Waals surface area contributed by atoms with Gasteiger partial charge in [0.25, 0.3) is 5.56 Å². The van der Waals surface area contributed by atoms with Gasteiger partial charge in [0.1, 0.15) is 5.00 Å². The highest BCUT2D eigenvalue weighted by molar-refractivity contribution is 7.12. The number of nitrogens with zero attached hydrogens (tertiary/aromatic N) is 1. The quantitative estimate of drug-likeness (QED) is 0.652. The monoisotopic (exact) mass is 177 g/mol. The van der Waals surface area contributed by atoms with Gasteiger partial charge < -0.3 is 0 Å². The average molecular weight is 177 g/mol. The lowest BCUT2D eigenvalue weighted by molar-refractivity contribution is 1.01. The van der Waals surface area contributed by atoms with E-state index in [2.05, 4.69) is 0 Å². The second kappa shape index (κ2) is 2.95. The summed E-state index contributed by atoms with van der Waals surface area (Å²) in [6.07, 6.45) is 1.77. The topological polar surface area (TPSA) is 22.0 Å². The molecule has 0 saturated heterocycles. The lowest BCUT2D eigenvalue weighted by Gasteiger charge is -1.98. The summed E-state index contributed by atoms with van der Waals surface area (Å²) < 4.78 is 1.63. The molecule has 2 heterocycles. The molecule has 0 aromatic carbocycles. The Kier molecular flexibility index (Phi) is 1.80. The predicted molar refractivity (Wildman–Crippen MR) is 49.9 cm³/mol. The Morgan fingerprint density at radius 3 is 2.75 bits per heavy atom.